The van der Waals surface area contributed by atoms with Gasteiger partial charge in [-0.15, -0.1) is 10.2 Å². The molecule has 1 aliphatic heterocycles. The van der Waals surface area contributed by atoms with Crippen LogP contribution in [-0.2, 0) is 26.0 Å². The largest absolute Gasteiger partial charge is 0.379 e. The van der Waals surface area contributed by atoms with E-state index in [2.05, 4.69) is 15.5 Å². The molecule has 0 atom stereocenters. The van der Waals surface area contributed by atoms with Gasteiger partial charge in [0.15, 0.2) is 10.9 Å². The lowest BCUT2D eigenvalue weighted by atomic mass is 10.1. The van der Waals surface area contributed by atoms with Crippen molar-refractivity contribution >= 4 is 33.5 Å². The fraction of sp³-hybridized carbons (Fsp3) is 0.360. The summed E-state index contributed by atoms with van der Waals surface area (Å²) in [5, 5.41) is 11.7. The molecule has 0 aliphatic carbocycles. The minimum absolute atomic E-state index is 0.0424. The van der Waals surface area contributed by atoms with Gasteiger partial charge >= 0.3 is 0 Å². The van der Waals surface area contributed by atoms with E-state index in [1.54, 1.807) is 16.7 Å². The highest BCUT2D eigenvalue weighted by Crippen LogP contribution is 2.25. The Hall–Kier alpha value is -3.13. The summed E-state index contributed by atoms with van der Waals surface area (Å²) in [6.07, 6.45) is 1.14. The van der Waals surface area contributed by atoms with Crippen LogP contribution in [-0.4, -0.2) is 77.8 Å². The Kier molecular flexibility index (Phi) is 9.26. The number of carbonyl (C=O) groups excluding carboxylic acids is 2. The standard InChI is InChI=1S/C25H28FN5O5S2/c1-18(32)27-12-2-3-24-28-29-25(31(24)21-8-6-20(26)7-9-21)37-17-23(33)19-4-10-22(11-5-19)38(34,35)30-13-15-36-16-14-30/h4-11H,2-3,12-17H2,1H3,(H,27,32). The van der Waals surface area contributed by atoms with Gasteiger partial charge in [-0.1, -0.05) is 23.9 Å². The van der Waals surface area contributed by atoms with Crippen molar-refractivity contribution in [2.75, 3.05) is 38.6 Å². The highest BCUT2D eigenvalue weighted by Gasteiger charge is 2.26. The van der Waals surface area contributed by atoms with E-state index in [0.29, 0.717) is 67.9 Å². The van der Waals surface area contributed by atoms with Gasteiger partial charge < -0.3 is 10.1 Å². The number of benzene rings is 2. The molecule has 1 saturated heterocycles. The van der Waals surface area contributed by atoms with E-state index >= 15 is 0 Å². The van der Waals surface area contributed by atoms with Gasteiger partial charge in [0, 0.05) is 44.2 Å². The second-order valence-corrected chi connectivity index (χ2v) is 11.4. The number of ketones is 1. The van der Waals surface area contributed by atoms with E-state index in [-0.39, 0.29) is 28.2 Å². The van der Waals surface area contributed by atoms with Crippen LogP contribution >= 0.6 is 11.8 Å². The van der Waals surface area contributed by atoms with Crippen molar-refractivity contribution in [3.8, 4) is 5.69 Å². The van der Waals surface area contributed by atoms with E-state index in [4.69, 9.17) is 4.74 Å². The fourth-order valence-electron chi connectivity index (χ4n) is 3.88. The molecule has 1 aromatic heterocycles. The molecule has 13 heteroatoms. The molecule has 4 rings (SSSR count). The molecule has 0 bridgehead atoms. The predicted octanol–water partition coefficient (Wildman–Crippen LogP) is 2.47. The number of hydrogen-bond donors (Lipinski definition) is 1. The lowest BCUT2D eigenvalue weighted by molar-refractivity contribution is -0.118. The molecule has 0 unspecified atom stereocenters. The minimum atomic E-state index is -3.65. The first kappa shape index (κ1) is 27.9. The zero-order chi connectivity index (χ0) is 27.1. The predicted molar refractivity (Wildman–Crippen MR) is 139 cm³/mol. The van der Waals surface area contributed by atoms with Gasteiger partial charge in [-0.25, -0.2) is 12.8 Å². The number of aromatic nitrogens is 3. The van der Waals surface area contributed by atoms with Crippen LogP contribution in [0.25, 0.3) is 5.69 Å². The average molecular weight is 562 g/mol. The lowest BCUT2D eigenvalue weighted by Crippen LogP contribution is -2.40. The summed E-state index contributed by atoms with van der Waals surface area (Å²) >= 11 is 1.18. The highest BCUT2D eigenvalue weighted by molar-refractivity contribution is 7.99. The molecule has 1 fully saturated rings. The van der Waals surface area contributed by atoms with Gasteiger partial charge in [0.2, 0.25) is 15.9 Å². The molecule has 3 aromatic rings. The maximum absolute atomic E-state index is 13.5. The quantitative estimate of drug-likeness (QED) is 0.215. The fourth-order valence-corrected chi connectivity index (χ4v) is 6.15. The first-order valence-corrected chi connectivity index (χ1v) is 14.5. The third kappa shape index (κ3) is 6.84. The van der Waals surface area contributed by atoms with Crippen LogP contribution in [0.3, 0.4) is 0 Å². The Balaban J connectivity index is 1.45. The van der Waals surface area contributed by atoms with Crippen molar-refractivity contribution in [3.05, 3.63) is 65.7 Å². The number of nitrogens with one attached hydrogen (secondary N) is 1. The Morgan fingerprint density at radius 2 is 1.74 bits per heavy atom. The number of thioether (sulfide) groups is 1. The number of amides is 1. The lowest BCUT2D eigenvalue weighted by Gasteiger charge is -2.26. The number of hydrogen-bond acceptors (Lipinski definition) is 8. The third-order valence-electron chi connectivity index (χ3n) is 5.85. The minimum Gasteiger partial charge on any atom is -0.379 e. The van der Waals surface area contributed by atoms with E-state index in [1.807, 2.05) is 0 Å². The van der Waals surface area contributed by atoms with E-state index < -0.39 is 10.0 Å². The summed E-state index contributed by atoms with van der Waals surface area (Å²) < 4.78 is 47.5. The number of nitrogens with zero attached hydrogens (tertiary/aromatic N) is 4. The van der Waals surface area contributed by atoms with Gasteiger partial charge in [-0.2, -0.15) is 4.31 Å². The van der Waals surface area contributed by atoms with Crippen molar-refractivity contribution in [1.82, 2.24) is 24.4 Å². The maximum atomic E-state index is 13.5. The molecule has 0 saturated carbocycles. The van der Waals surface area contributed by atoms with Crippen LogP contribution in [0.1, 0.15) is 29.5 Å². The zero-order valence-electron chi connectivity index (χ0n) is 20.8. The molecule has 38 heavy (non-hydrogen) atoms. The van der Waals surface area contributed by atoms with Gasteiger partial charge in [0.25, 0.3) is 0 Å². The molecule has 202 valence electrons. The van der Waals surface area contributed by atoms with Crippen LogP contribution < -0.4 is 5.32 Å². The van der Waals surface area contributed by atoms with Gasteiger partial charge in [-0.05, 0) is 42.8 Å². The van der Waals surface area contributed by atoms with Crippen LogP contribution in [0.2, 0.25) is 0 Å². The molecule has 0 radical (unpaired) electrons. The van der Waals surface area contributed by atoms with Crippen molar-refractivity contribution in [2.24, 2.45) is 0 Å². The number of halogens is 1. The number of ether oxygens (including phenoxy) is 1. The first-order chi connectivity index (χ1) is 18.3. The number of sulfonamides is 1. The molecule has 2 heterocycles. The van der Waals surface area contributed by atoms with Crippen LogP contribution in [0.15, 0.2) is 58.6 Å². The summed E-state index contributed by atoms with van der Waals surface area (Å²) in [6, 6.07) is 11.8. The number of aryl methyl sites for hydroxylation is 1. The Morgan fingerprint density at radius 1 is 1.05 bits per heavy atom. The SMILES string of the molecule is CC(=O)NCCCc1nnc(SCC(=O)c2ccc(S(=O)(=O)N3CCOCC3)cc2)n1-c1ccc(F)cc1. The summed E-state index contributed by atoms with van der Waals surface area (Å²) in [7, 11) is -3.65. The molecular weight excluding hydrogens is 533 g/mol. The molecule has 1 aliphatic rings. The normalized spacial score (nSPS) is 14.4. The van der Waals surface area contributed by atoms with Crippen molar-refractivity contribution in [2.45, 2.75) is 29.8 Å². The molecule has 2 aromatic carbocycles. The number of Topliss-reactive ketones (excluding diaryl/α,β-unsaturated/α-hetero) is 1. The second kappa shape index (κ2) is 12.6. The topological polar surface area (TPSA) is 123 Å². The van der Waals surface area contributed by atoms with Crippen molar-refractivity contribution in [3.63, 3.8) is 0 Å². The van der Waals surface area contributed by atoms with Gasteiger partial charge in [-0.3, -0.25) is 14.2 Å². The molecule has 0 spiro atoms. The molecule has 10 nitrogen and oxygen atoms in total. The summed E-state index contributed by atoms with van der Waals surface area (Å²) in [6.45, 7) is 3.22. The summed E-state index contributed by atoms with van der Waals surface area (Å²) in [5.74, 6) is -0.0365. The smallest absolute Gasteiger partial charge is 0.243 e. The Labute approximate surface area is 224 Å². The monoisotopic (exact) mass is 561 g/mol. The summed E-state index contributed by atoms with van der Waals surface area (Å²) in [4.78, 5) is 24.2. The second-order valence-electron chi connectivity index (χ2n) is 8.55. The van der Waals surface area contributed by atoms with Crippen molar-refractivity contribution < 1.29 is 27.1 Å². The van der Waals surface area contributed by atoms with Crippen LogP contribution in [0.5, 0.6) is 0 Å². The Morgan fingerprint density at radius 3 is 2.39 bits per heavy atom. The number of rotatable bonds is 11. The van der Waals surface area contributed by atoms with E-state index in [9.17, 15) is 22.4 Å². The summed E-state index contributed by atoms with van der Waals surface area (Å²) in [5.41, 5.74) is 1.03. The number of carbonyl (C=O) groups is 2. The molecular formula is C25H28FN5O5S2. The Bertz CT molecular complexity index is 1370. The third-order valence-corrected chi connectivity index (χ3v) is 8.69. The molecule has 1 N–H and O–H groups in total. The molecule has 1 amide bonds. The number of morpholine rings is 1. The zero-order valence-corrected chi connectivity index (χ0v) is 22.4. The van der Waals surface area contributed by atoms with Crippen molar-refractivity contribution in [1.29, 1.82) is 0 Å². The van der Waals surface area contributed by atoms with E-state index in [0.717, 1.165) is 0 Å². The van der Waals surface area contributed by atoms with Crippen LogP contribution in [0.4, 0.5) is 4.39 Å². The van der Waals surface area contributed by atoms with Gasteiger partial charge in [0.05, 0.1) is 23.9 Å². The maximum Gasteiger partial charge on any atom is 0.243 e. The van der Waals surface area contributed by atoms with Crippen LogP contribution in [0, 0.1) is 5.82 Å². The average Bonchev–Trinajstić information content (AvgIpc) is 3.33. The first-order valence-electron chi connectivity index (χ1n) is 12.0. The highest BCUT2D eigenvalue weighted by atomic mass is 32.2. The van der Waals surface area contributed by atoms with E-state index in [1.165, 1.54) is 59.4 Å². The van der Waals surface area contributed by atoms with Gasteiger partial charge in [0.1, 0.15) is 11.6 Å².